The Morgan fingerprint density at radius 1 is 1.27 bits per heavy atom. The number of nitro benzene ring substituents is 1. The predicted octanol–water partition coefficient (Wildman–Crippen LogP) is 3.88. The normalized spacial score (nSPS) is 15.9. The number of methoxy groups -OCH3 is 1. The number of ether oxygens (including phenoxy) is 1. The Kier molecular flexibility index (Phi) is 4.86. The highest BCUT2D eigenvalue weighted by Gasteiger charge is 2.23. The molecule has 1 unspecified atom stereocenters. The molecule has 3 aromatic rings. The fraction of sp³-hybridized carbons (Fsp3) is 0.190. The second-order valence-electron chi connectivity index (χ2n) is 6.95. The molecular weight excluding hydrogens is 389 g/mol. The van der Waals surface area contributed by atoms with Crippen LogP contribution in [-0.4, -0.2) is 40.5 Å². The molecule has 0 saturated carbocycles. The summed E-state index contributed by atoms with van der Waals surface area (Å²) in [7, 11) is 5.17. The van der Waals surface area contributed by atoms with Gasteiger partial charge in [0.05, 0.1) is 23.4 Å². The Morgan fingerprint density at radius 3 is 2.77 bits per heavy atom. The average molecular weight is 409 g/mol. The number of allylic oxidation sites excluding steroid dienone is 1. The molecule has 8 nitrogen and oxygen atoms in total. The standard InChI is InChI=1S/C21H20FN5O3/c1-25-9-8-16(14-12-26(2)18-7-5-4-6-13(14)18)23-21(25)24-17-11-19(27(28)29)15(22)10-20(17)30-3/h4-12,21,24H,1-3H3. The van der Waals surface area contributed by atoms with Gasteiger partial charge in [0, 0.05) is 55.1 Å². The highest BCUT2D eigenvalue weighted by Crippen LogP contribution is 2.33. The van der Waals surface area contributed by atoms with Gasteiger partial charge in [0.15, 0.2) is 6.29 Å². The molecule has 1 aliphatic heterocycles. The first kappa shape index (κ1) is 19.4. The van der Waals surface area contributed by atoms with Crippen LogP contribution < -0.4 is 10.1 Å². The van der Waals surface area contributed by atoms with Gasteiger partial charge in [-0.05, 0) is 12.1 Å². The van der Waals surface area contributed by atoms with Crippen LogP contribution >= 0.6 is 0 Å². The fourth-order valence-corrected chi connectivity index (χ4v) is 3.48. The summed E-state index contributed by atoms with van der Waals surface area (Å²) < 4.78 is 21.2. The van der Waals surface area contributed by atoms with Crippen molar-refractivity contribution in [2.75, 3.05) is 19.5 Å². The van der Waals surface area contributed by atoms with E-state index in [1.54, 1.807) is 0 Å². The van der Waals surface area contributed by atoms with E-state index in [1.165, 1.54) is 7.11 Å². The zero-order chi connectivity index (χ0) is 21.4. The second-order valence-corrected chi connectivity index (χ2v) is 6.95. The number of hydrogen-bond donors (Lipinski definition) is 1. The minimum Gasteiger partial charge on any atom is -0.494 e. The Bertz CT molecular complexity index is 1200. The van der Waals surface area contributed by atoms with E-state index < -0.39 is 22.7 Å². The van der Waals surface area contributed by atoms with E-state index >= 15 is 0 Å². The summed E-state index contributed by atoms with van der Waals surface area (Å²) in [6.45, 7) is 0. The highest BCUT2D eigenvalue weighted by molar-refractivity contribution is 6.16. The van der Waals surface area contributed by atoms with Crippen molar-refractivity contribution in [2.24, 2.45) is 12.0 Å². The van der Waals surface area contributed by atoms with Crippen molar-refractivity contribution in [3.63, 3.8) is 0 Å². The first-order valence-electron chi connectivity index (χ1n) is 9.20. The molecule has 1 N–H and O–H groups in total. The quantitative estimate of drug-likeness (QED) is 0.511. The van der Waals surface area contributed by atoms with E-state index in [1.807, 2.05) is 66.3 Å². The molecule has 0 spiro atoms. The lowest BCUT2D eigenvalue weighted by Gasteiger charge is -2.29. The molecule has 0 saturated heterocycles. The average Bonchev–Trinajstić information content (AvgIpc) is 3.07. The molecule has 4 rings (SSSR count). The summed E-state index contributed by atoms with van der Waals surface area (Å²) in [6.07, 6.45) is 5.22. The molecular formula is C21H20FN5O3. The van der Waals surface area contributed by atoms with Gasteiger partial charge < -0.3 is 19.5 Å². The number of rotatable bonds is 5. The minimum absolute atomic E-state index is 0.156. The van der Waals surface area contributed by atoms with Gasteiger partial charge in [-0.2, -0.15) is 4.39 Å². The molecule has 2 aromatic carbocycles. The van der Waals surface area contributed by atoms with Crippen molar-refractivity contribution in [2.45, 2.75) is 6.29 Å². The number of aliphatic imine (C=N–C) groups is 1. The van der Waals surface area contributed by atoms with Crippen LogP contribution in [0.1, 0.15) is 5.56 Å². The number of nitrogens with zero attached hydrogens (tertiary/aromatic N) is 4. The highest BCUT2D eigenvalue weighted by atomic mass is 19.1. The predicted molar refractivity (Wildman–Crippen MR) is 113 cm³/mol. The van der Waals surface area contributed by atoms with E-state index in [0.717, 1.165) is 34.3 Å². The zero-order valence-electron chi connectivity index (χ0n) is 16.7. The molecule has 30 heavy (non-hydrogen) atoms. The summed E-state index contributed by atoms with van der Waals surface area (Å²) in [5.41, 5.74) is 2.46. The first-order valence-corrected chi connectivity index (χ1v) is 9.20. The zero-order valence-corrected chi connectivity index (χ0v) is 16.7. The molecule has 0 radical (unpaired) electrons. The van der Waals surface area contributed by atoms with Crippen molar-refractivity contribution in [3.8, 4) is 5.75 Å². The SMILES string of the molecule is COc1cc(F)c([N+](=O)[O-])cc1NC1N=C(c2cn(C)c3ccccc23)C=CN1C. The van der Waals surface area contributed by atoms with Crippen molar-refractivity contribution in [1.29, 1.82) is 0 Å². The molecule has 0 aliphatic carbocycles. The van der Waals surface area contributed by atoms with E-state index in [9.17, 15) is 14.5 Å². The number of fused-ring (bicyclic) bond motifs is 1. The second kappa shape index (κ2) is 7.51. The number of aromatic nitrogens is 1. The molecule has 1 aliphatic rings. The van der Waals surface area contributed by atoms with E-state index in [2.05, 4.69) is 5.32 Å². The topological polar surface area (TPSA) is 84.9 Å². The number of aryl methyl sites for hydroxylation is 1. The monoisotopic (exact) mass is 409 g/mol. The van der Waals surface area contributed by atoms with E-state index in [-0.39, 0.29) is 11.4 Å². The number of halogens is 1. The number of hydrogen-bond acceptors (Lipinski definition) is 6. The number of anilines is 1. The van der Waals surface area contributed by atoms with Crippen molar-refractivity contribution in [1.82, 2.24) is 9.47 Å². The van der Waals surface area contributed by atoms with Crippen LogP contribution in [0.25, 0.3) is 10.9 Å². The molecule has 1 aromatic heterocycles. The number of benzene rings is 2. The van der Waals surface area contributed by atoms with Crippen molar-refractivity contribution in [3.05, 3.63) is 76.4 Å². The largest absolute Gasteiger partial charge is 0.494 e. The minimum atomic E-state index is -0.959. The summed E-state index contributed by atoms with van der Waals surface area (Å²) in [6, 6.07) is 10.1. The molecule has 0 amide bonds. The maximum absolute atomic E-state index is 14.0. The van der Waals surface area contributed by atoms with Gasteiger partial charge in [0.1, 0.15) is 5.75 Å². The van der Waals surface area contributed by atoms with E-state index in [0.29, 0.717) is 0 Å². The Morgan fingerprint density at radius 2 is 2.03 bits per heavy atom. The van der Waals surface area contributed by atoms with Gasteiger partial charge in [-0.25, -0.2) is 4.99 Å². The van der Waals surface area contributed by atoms with Crippen LogP contribution in [0.2, 0.25) is 0 Å². The fourth-order valence-electron chi connectivity index (χ4n) is 3.48. The number of nitro groups is 1. The third kappa shape index (κ3) is 3.34. The van der Waals surface area contributed by atoms with Crippen molar-refractivity contribution >= 4 is 28.0 Å². The first-order chi connectivity index (χ1) is 14.4. The van der Waals surface area contributed by atoms with Gasteiger partial charge in [0.2, 0.25) is 5.82 Å². The Hall–Kier alpha value is -3.88. The summed E-state index contributed by atoms with van der Waals surface area (Å²) >= 11 is 0. The molecule has 0 bridgehead atoms. The molecule has 9 heteroatoms. The van der Waals surface area contributed by atoms with Crippen LogP contribution in [0.3, 0.4) is 0 Å². The maximum atomic E-state index is 14.0. The van der Waals surface area contributed by atoms with Crippen LogP contribution in [0.5, 0.6) is 5.75 Å². The lowest BCUT2D eigenvalue weighted by atomic mass is 10.1. The van der Waals surface area contributed by atoms with Gasteiger partial charge in [-0.3, -0.25) is 10.1 Å². The smallest absolute Gasteiger partial charge is 0.307 e. The van der Waals surface area contributed by atoms with Gasteiger partial charge in [-0.15, -0.1) is 0 Å². The molecule has 1 atom stereocenters. The van der Waals surface area contributed by atoms with Gasteiger partial charge in [0.25, 0.3) is 0 Å². The summed E-state index contributed by atoms with van der Waals surface area (Å²) in [4.78, 5) is 17.0. The molecule has 154 valence electrons. The number of para-hydroxylation sites is 1. The lowest BCUT2D eigenvalue weighted by Crippen LogP contribution is -2.36. The van der Waals surface area contributed by atoms with Crippen molar-refractivity contribution < 1.29 is 14.1 Å². The van der Waals surface area contributed by atoms with Gasteiger partial charge in [-0.1, -0.05) is 18.2 Å². The maximum Gasteiger partial charge on any atom is 0.307 e. The third-order valence-corrected chi connectivity index (χ3v) is 5.04. The number of nitrogens with one attached hydrogen (secondary N) is 1. The lowest BCUT2D eigenvalue weighted by molar-refractivity contribution is -0.387. The summed E-state index contributed by atoms with van der Waals surface area (Å²) in [5, 5.41) is 15.3. The Balaban J connectivity index is 1.73. The third-order valence-electron chi connectivity index (χ3n) is 5.04. The molecule has 2 heterocycles. The van der Waals surface area contributed by atoms with Gasteiger partial charge >= 0.3 is 5.69 Å². The summed E-state index contributed by atoms with van der Waals surface area (Å²) in [5.74, 6) is -0.804. The van der Waals surface area contributed by atoms with Crippen LogP contribution in [0.15, 0.2) is 59.9 Å². The van der Waals surface area contributed by atoms with E-state index in [4.69, 9.17) is 9.73 Å². The Labute approximate surface area is 172 Å². The van der Waals surface area contributed by atoms with Crippen LogP contribution in [0, 0.1) is 15.9 Å². The van der Waals surface area contributed by atoms with Crippen LogP contribution in [0.4, 0.5) is 15.8 Å². The molecule has 0 fully saturated rings. The van der Waals surface area contributed by atoms with Crippen LogP contribution in [-0.2, 0) is 7.05 Å².